The van der Waals surface area contributed by atoms with Gasteiger partial charge in [0.2, 0.25) is 11.8 Å². The Hall–Kier alpha value is -4.43. The van der Waals surface area contributed by atoms with E-state index in [4.69, 9.17) is 0 Å². The normalized spacial score (nSPS) is 11.9. The van der Waals surface area contributed by atoms with Gasteiger partial charge < -0.3 is 10.2 Å². The smallest absolute Gasteiger partial charge is 0.264 e. The van der Waals surface area contributed by atoms with Gasteiger partial charge in [0.1, 0.15) is 12.6 Å². The number of benzene rings is 4. The van der Waals surface area contributed by atoms with E-state index in [1.807, 2.05) is 75.4 Å². The van der Waals surface area contributed by atoms with Crippen LogP contribution in [0.15, 0.2) is 114 Å². The quantitative estimate of drug-likeness (QED) is 0.176. The molecule has 0 heterocycles. The number of hydrogen-bond donors (Lipinski definition) is 1. The molecule has 0 fully saturated rings. The summed E-state index contributed by atoms with van der Waals surface area (Å²) in [5.41, 5.74) is 4.11. The van der Waals surface area contributed by atoms with Crippen LogP contribution in [0.3, 0.4) is 0 Å². The van der Waals surface area contributed by atoms with Gasteiger partial charge in [-0.2, -0.15) is 0 Å². The molecular weight excluding hydrogens is 570 g/mol. The van der Waals surface area contributed by atoms with Crippen molar-refractivity contribution in [3.05, 3.63) is 131 Å². The van der Waals surface area contributed by atoms with Crippen molar-refractivity contribution >= 4 is 27.5 Å². The Kier molecular flexibility index (Phi) is 11.3. The Labute approximate surface area is 261 Å². The zero-order valence-corrected chi connectivity index (χ0v) is 26.5. The van der Waals surface area contributed by atoms with Gasteiger partial charge in [-0.15, -0.1) is 0 Å². The SMILES string of the molecule is CCCCNC(=O)[C@@H](Cc1ccccc1)N(Cc1ccc(C)cc1)C(=O)CN(c1ccccc1)S(=O)(=O)c1ccc(C)cc1. The second kappa shape index (κ2) is 15.3. The van der Waals surface area contributed by atoms with Crippen molar-refractivity contribution < 1.29 is 18.0 Å². The lowest BCUT2D eigenvalue weighted by molar-refractivity contribution is -0.140. The minimum atomic E-state index is -4.12. The molecule has 4 rings (SSSR count). The predicted molar refractivity (Wildman–Crippen MR) is 176 cm³/mol. The second-order valence-electron chi connectivity index (χ2n) is 11.0. The number of carbonyl (C=O) groups is 2. The van der Waals surface area contributed by atoms with E-state index in [1.165, 1.54) is 4.90 Å². The molecule has 0 spiro atoms. The largest absolute Gasteiger partial charge is 0.354 e. The Morgan fingerprint density at radius 1 is 0.750 bits per heavy atom. The first-order valence-electron chi connectivity index (χ1n) is 15.0. The van der Waals surface area contributed by atoms with Gasteiger partial charge in [-0.05, 0) is 55.7 Å². The van der Waals surface area contributed by atoms with Crippen molar-refractivity contribution in [2.75, 3.05) is 17.4 Å². The van der Waals surface area contributed by atoms with Gasteiger partial charge in [-0.3, -0.25) is 13.9 Å². The second-order valence-corrected chi connectivity index (χ2v) is 12.9. The third-order valence-electron chi connectivity index (χ3n) is 7.51. The van der Waals surface area contributed by atoms with Crippen LogP contribution in [0.2, 0.25) is 0 Å². The molecule has 0 aliphatic carbocycles. The fourth-order valence-electron chi connectivity index (χ4n) is 4.91. The molecule has 8 heteroatoms. The van der Waals surface area contributed by atoms with Crippen LogP contribution in [0.25, 0.3) is 0 Å². The number of unbranched alkanes of at least 4 members (excludes halogenated alkanes) is 1. The van der Waals surface area contributed by atoms with Gasteiger partial charge in [-0.1, -0.05) is 109 Å². The molecule has 1 N–H and O–H groups in total. The van der Waals surface area contributed by atoms with Crippen LogP contribution in [-0.2, 0) is 32.6 Å². The molecular formula is C36H41N3O4S. The minimum Gasteiger partial charge on any atom is -0.354 e. The highest BCUT2D eigenvalue weighted by Gasteiger charge is 2.34. The van der Waals surface area contributed by atoms with Gasteiger partial charge in [0, 0.05) is 19.5 Å². The molecule has 0 saturated carbocycles. The molecule has 0 aromatic heterocycles. The molecule has 4 aromatic carbocycles. The molecule has 0 aliphatic heterocycles. The molecule has 1 atom stereocenters. The van der Waals surface area contributed by atoms with Crippen LogP contribution in [0.1, 0.15) is 42.0 Å². The maximum absolute atomic E-state index is 14.4. The number of sulfonamides is 1. The molecule has 4 aromatic rings. The van der Waals surface area contributed by atoms with E-state index in [0.717, 1.165) is 39.4 Å². The lowest BCUT2D eigenvalue weighted by Crippen LogP contribution is -2.53. The van der Waals surface area contributed by atoms with Crippen molar-refractivity contribution in [2.45, 2.75) is 57.5 Å². The molecule has 2 amide bonds. The molecule has 230 valence electrons. The highest BCUT2D eigenvalue weighted by atomic mass is 32.2. The first-order valence-corrected chi connectivity index (χ1v) is 16.4. The summed E-state index contributed by atoms with van der Waals surface area (Å²) < 4.78 is 29.2. The number of nitrogens with zero attached hydrogens (tertiary/aromatic N) is 2. The Balaban J connectivity index is 1.76. The number of aryl methyl sites for hydroxylation is 2. The van der Waals surface area contributed by atoms with E-state index in [2.05, 4.69) is 5.32 Å². The zero-order valence-electron chi connectivity index (χ0n) is 25.6. The maximum atomic E-state index is 14.4. The number of para-hydroxylation sites is 1. The van der Waals surface area contributed by atoms with E-state index in [0.29, 0.717) is 12.2 Å². The first-order chi connectivity index (χ1) is 21.2. The van der Waals surface area contributed by atoms with E-state index in [1.54, 1.807) is 54.6 Å². The summed E-state index contributed by atoms with van der Waals surface area (Å²) >= 11 is 0. The monoisotopic (exact) mass is 611 g/mol. The third-order valence-corrected chi connectivity index (χ3v) is 9.29. The summed E-state index contributed by atoms with van der Waals surface area (Å²) in [7, 11) is -4.12. The molecule has 0 aliphatic rings. The van der Waals surface area contributed by atoms with Gasteiger partial charge >= 0.3 is 0 Å². The zero-order chi connectivity index (χ0) is 31.5. The maximum Gasteiger partial charge on any atom is 0.264 e. The number of amides is 2. The van der Waals surface area contributed by atoms with Crippen molar-refractivity contribution in [1.29, 1.82) is 0 Å². The lowest BCUT2D eigenvalue weighted by atomic mass is 10.0. The van der Waals surface area contributed by atoms with E-state index in [9.17, 15) is 18.0 Å². The Morgan fingerprint density at radius 2 is 1.32 bits per heavy atom. The summed E-state index contributed by atoms with van der Waals surface area (Å²) in [6, 6.07) is 31.7. The summed E-state index contributed by atoms with van der Waals surface area (Å²) in [5.74, 6) is -0.743. The molecule has 0 saturated heterocycles. The summed E-state index contributed by atoms with van der Waals surface area (Å²) in [4.78, 5) is 29.8. The van der Waals surface area contributed by atoms with Crippen LogP contribution >= 0.6 is 0 Å². The van der Waals surface area contributed by atoms with Gasteiger partial charge in [0.05, 0.1) is 10.6 Å². The van der Waals surface area contributed by atoms with E-state index < -0.39 is 28.5 Å². The van der Waals surface area contributed by atoms with Crippen molar-refractivity contribution in [3.63, 3.8) is 0 Å². The molecule has 0 bridgehead atoms. The predicted octanol–water partition coefficient (Wildman–Crippen LogP) is 6.06. The average Bonchev–Trinajstić information content (AvgIpc) is 3.03. The fraction of sp³-hybridized carbons (Fsp3) is 0.278. The summed E-state index contributed by atoms with van der Waals surface area (Å²) in [5, 5.41) is 3.02. The van der Waals surface area contributed by atoms with Crippen LogP contribution in [0, 0.1) is 13.8 Å². The van der Waals surface area contributed by atoms with Gasteiger partial charge in [0.15, 0.2) is 0 Å². The van der Waals surface area contributed by atoms with Crippen LogP contribution in [0.5, 0.6) is 0 Å². The molecule has 0 unspecified atom stereocenters. The third kappa shape index (κ3) is 8.57. The molecule has 7 nitrogen and oxygen atoms in total. The van der Waals surface area contributed by atoms with Crippen LogP contribution < -0.4 is 9.62 Å². The number of nitrogens with one attached hydrogen (secondary N) is 1. The van der Waals surface area contributed by atoms with Crippen molar-refractivity contribution in [1.82, 2.24) is 10.2 Å². The number of anilines is 1. The average molecular weight is 612 g/mol. The highest BCUT2D eigenvalue weighted by Crippen LogP contribution is 2.25. The van der Waals surface area contributed by atoms with E-state index >= 15 is 0 Å². The minimum absolute atomic E-state index is 0.0861. The summed E-state index contributed by atoms with van der Waals surface area (Å²) in [6.45, 7) is 6.08. The molecule has 44 heavy (non-hydrogen) atoms. The van der Waals surface area contributed by atoms with Crippen molar-refractivity contribution in [2.24, 2.45) is 0 Å². The Bertz CT molecular complexity index is 1610. The summed E-state index contributed by atoms with van der Waals surface area (Å²) in [6.07, 6.45) is 2.01. The van der Waals surface area contributed by atoms with Crippen molar-refractivity contribution in [3.8, 4) is 0 Å². The van der Waals surface area contributed by atoms with Crippen LogP contribution in [0.4, 0.5) is 5.69 Å². The Morgan fingerprint density at radius 3 is 1.91 bits per heavy atom. The lowest BCUT2D eigenvalue weighted by Gasteiger charge is -2.34. The topological polar surface area (TPSA) is 86.8 Å². The molecule has 0 radical (unpaired) electrons. The number of carbonyl (C=O) groups excluding carboxylic acids is 2. The van der Waals surface area contributed by atoms with Gasteiger partial charge in [0.25, 0.3) is 10.0 Å². The van der Waals surface area contributed by atoms with Crippen LogP contribution in [-0.4, -0.2) is 44.3 Å². The van der Waals surface area contributed by atoms with Gasteiger partial charge in [-0.25, -0.2) is 8.42 Å². The standard InChI is InChI=1S/C36H41N3O4S/c1-4-5-24-37-36(41)34(25-30-12-8-6-9-13-30)38(26-31-20-16-28(2)17-21-31)35(40)27-39(32-14-10-7-11-15-32)44(42,43)33-22-18-29(3)19-23-33/h6-23,34H,4-5,24-27H2,1-3H3,(H,37,41)/t34-/m1/s1. The highest BCUT2D eigenvalue weighted by molar-refractivity contribution is 7.92. The first kappa shape index (κ1) is 32.5. The van der Waals surface area contributed by atoms with E-state index in [-0.39, 0.29) is 23.8 Å². The fourth-order valence-corrected chi connectivity index (χ4v) is 6.32. The number of hydrogen-bond acceptors (Lipinski definition) is 4. The number of rotatable bonds is 14.